The Bertz CT molecular complexity index is 451. The van der Waals surface area contributed by atoms with Crippen molar-refractivity contribution in [3.63, 3.8) is 0 Å². The van der Waals surface area contributed by atoms with Crippen LogP contribution in [0, 0.1) is 19.3 Å². The largest absolute Gasteiger partial charge is 0.495 e. The Hall–Kier alpha value is -1.66. The molecule has 0 aromatic heterocycles. The van der Waals surface area contributed by atoms with Gasteiger partial charge in [0.1, 0.15) is 11.6 Å². The number of alkyl halides is 1. The van der Waals surface area contributed by atoms with Gasteiger partial charge in [-0.15, -0.1) is 18.0 Å². The molecule has 0 bridgehead atoms. The molecule has 0 aliphatic heterocycles. The molecule has 0 heterocycles. The molecule has 4 heteroatoms. The van der Waals surface area contributed by atoms with E-state index < -0.39 is 0 Å². The zero-order valence-corrected chi connectivity index (χ0v) is 10.6. The van der Waals surface area contributed by atoms with E-state index in [2.05, 4.69) is 5.92 Å². The Labute approximate surface area is 106 Å². The van der Waals surface area contributed by atoms with E-state index in [0.29, 0.717) is 11.4 Å². The maximum Gasteiger partial charge on any atom is 0.242 e. The number of halogens is 1. The summed E-state index contributed by atoms with van der Waals surface area (Å²) in [5.41, 5.74) is 1.59. The number of hydrogen-bond donors (Lipinski definition) is 0. The Morgan fingerprint density at radius 1 is 1.59 bits per heavy atom. The first-order chi connectivity index (χ1) is 8.15. The first-order valence-corrected chi connectivity index (χ1v) is 5.62. The van der Waals surface area contributed by atoms with E-state index in [1.165, 1.54) is 4.90 Å². The predicted molar refractivity (Wildman–Crippen MR) is 69.6 cm³/mol. The van der Waals surface area contributed by atoms with Gasteiger partial charge in [0, 0.05) is 0 Å². The number of rotatable bonds is 4. The molecule has 0 atom stereocenters. The Morgan fingerprint density at radius 3 is 2.82 bits per heavy atom. The summed E-state index contributed by atoms with van der Waals surface area (Å²) in [7, 11) is 1.55. The first-order valence-electron chi connectivity index (χ1n) is 5.09. The minimum absolute atomic E-state index is 0.112. The minimum atomic E-state index is -0.239. The maximum atomic E-state index is 11.8. The van der Waals surface area contributed by atoms with Crippen LogP contribution in [-0.2, 0) is 4.79 Å². The lowest BCUT2D eigenvalue weighted by molar-refractivity contribution is -0.116. The summed E-state index contributed by atoms with van der Waals surface area (Å²) in [6.45, 7) is 2.07. The molecule has 0 N–H and O–H groups in total. The number of aryl methyl sites for hydroxylation is 1. The lowest BCUT2D eigenvalue weighted by Crippen LogP contribution is -2.33. The zero-order chi connectivity index (χ0) is 12.8. The van der Waals surface area contributed by atoms with E-state index in [4.69, 9.17) is 22.8 Å². The monoisotopic (exact) mass is 251 g/mol. The minimum Gasteiger partial charge on any atom is -0.495 e. The highest BCUT2D eigenvalue weighted by molar-refractivity contribution is 6.29. The molecule has 1 aromatic carbocycles. The van der Waals surface area contributed by atoms with Crippen LogP contribution in [0.15, 0.2) is 18.2 Å². The van der Waals surface area contributed by atoms with Crippen molar-refractivity contribution in [1.82, 2.24) is 0 Å². The van der Waals surface area contributed by atoms with Crippen molar-refractivity contribution in [2.75, 3.05) is 24.4 Å². The van der Waals surface area contributed by atoms with E-state index in [1.807, 2.05) is 19.1 Å². The smallest absolute Gasteiger partial charge is 0.242 e. The summed E-state index contributed by atoms with van der Waals surface area (Å²) in [6, 6.07) is 5.53. The fourth-order valence-corrected chi connectivity index (χ4v) is 1.74. The second-order valence-electron chi connectivity index (χ2n) is 3.44. The Kier molecular flexibility index (Phi) is 4.86. The van der Waals surface area contributed by atoms with Crippen molar-refractivity contribution in [3.05, 3.63) is 23.8 Å². The summed E-state index contributed by atoms with van der Waals surface area (Å²) in [5, 5.41) is 0. The molecule has 0 fully saturated rings. The Morgan fingerprint density at radius 2 is 2.29 bits per heavy atom. The van der Waals surface area contributed by atoms with Crippen molar-refractivity contribution in [1.29, 1.82) is 0 Å². The van der Waals surface area contributed by atoms with Crippen LogP contribution >= 0.6 is 11.6 Å². The molecule has 0 unspecified atom stereocenters. The van der Waals surface area contributed by atoms with Crippen molar-refractivity contribution in [3.8, 4) is 18.1 Å². The van der Waals surface area contributed by atoms with Gasteiger partial charge in [-0.25, -0.2) is 0 Å². The van der Waals surface area contributed by atoms with Crippen LogP contribution in [-0.4, -0.2) is 25.4 Å². The van der Waals surface area contributed by atoms with Crippen molar-refractivity contribution in [2.24, 2.45) is 0 Å². The molecule has 1 aromatic rings. The molecule has 1 amide bonds. The molecule has 0 saturated carbocycles. The topological polar surface area (TPSA) is 29.5 Å². The van der Waals surface area contributed by atoms with Gasteiger partial charge in [0.25, 0.3) is 0 Å². The molecule has 0 spiro atoms. The third-order valence-corrected chi connectivity index (χ3v) is 2.58. The van der Waals surface area contributed by atoms with Crippen molar-refractivity contribution >= 4 is 23.2 Å². The molecule has 17 heavy (non-hydrogen) atoms. The maximum absolute atomic E-state index is 11.8. The number of methoxy groups -OCH3 is 1. The molecule has 0 aliphatic rings. The fourth-order valence-electron chi connectivity index (χ4n) is 1.60. The van der Waals surface area contributed by atoms with Gasteiger partial charge in [-0.1, -0.05) is 18.1 Å². The molecule has 0 aliphatic carbocycles. The molecular formula is C13H14ClNO2. The zero-order valence-electron chi connectivity index (χ0n) is 9.87. The van der Waals surface area contributed by atoms with Crippen molar-refractivity contribution < 1.29 is 9.53 Å². The van der Waals surface area contributed by atoms with E-state index >= 15 is 0 Å². The quantitative estimate of drug-likeness (QED) is 0.607. The third-order valence-electron chi connectivity index (χ3n) is 2.36. The number of carbonyl (C=O) groups excluding carboxylic acids is 1. The molecule has 0 radical (unpaired) electrons. The molecule has 90 valence electrons. The van der Waals surface area contributed by atoms with Crippen LogP contribution in [0.25, 0.3) is 0 Å². The van der Waals surface area contributed by atoms with Gasteiger partial charge >= 0.3 is 0 Å². The van der Waals surface area contributed by atoms with Gasteiger partial charge in [-0.05, 0) is 18.6 Å². The van der Waals surface area contributed by atoms with Gasteiger partial charge in [-0.3, -0.25) is 9.69 Å². The summed E-state index contributed by atoms with van der Waals surface area (Å²) in [6.07, 6.45) is 5.27. The van der Waals surface area contributed by atoms with Crippen LogP contribution in [0.1, 0.15) is 5.56 Å². The number of benzene rings is 1. The Balaban J connectivity index is 3.27. The van der Waals surface area contributed by atoms with E-state index in [1.54, 1.807) is 13.2 Å². The fraction of sp³-hybridized carbons (Fsp3) is 0.308. The lowest BCUT2D eigenvalue weighted by Gasteiger charge is -2.23. The van der Waals surface area contributed by atoms with Crippen LogP contribution < -0.4 is 9.64 Å². The lowest BCUT2D eigenvalue weighted by atomic mass is 10.1. The standard InChI is InChI=1S/C13H14ClNO2/c1-4-8-15(12(16)9-14)13-10(2)6-5-7-11(13)17-3/h1,5-7H,8-9H2,2-3H3. The molecule has 0 saturated heterocycles. The number of hydrogen-bond acceptors (Lipinski definition) is 2. The summed E-state index contributed by atoms with van der Waals surface area (Å²) >= 11 is 5.58. The highest BCUT2D eigenvalue weighted by Crippen LogP contribution is 2.31. The second-order valence-corrected chi connectivity index (χ2v) is 3.71. The van der Waals surface area contributed by atoms with Gasteiger partial charge < -0.3 is 4.74 Å². The second kappa shape index (κ2) is 6.17. The number of nitrogens with zero attached hydrogens (tertiary/aromatic N) is 1. The van der Waals surface area contributed by atoms with Gasteiger partial charge in [0.2, 0.25) is 5.91 Å². The highest BCUT2D eigenvalue weighted by Gasteiger charge is 2.19. The summed E-state index contributed by atoms with van der Waals surface area (Å²) in [4.78, 5) is 13.2. The number of ether oxygens (including phenoxy) is 1. The molecule has 1 rings (SSSR count). The normalized spacial score (nSPS) is 9.53. The number of amides is 1. The van der Waals surface area contributed by atoms with Gasteiger partial charge in [0.15, 0.2) is 0 Å². The summed E-state index contributed by atoms with van der Waals surface area (Å²) < 4.78 is 5.24. The SMILES string of the molecule is C#CCN(C(=O)CCl)c1c(C)cccc1OC. The number of para-hydroxylation sites is 1. The van der Waals surface area contributed by atoms with Crippen LogP contribution in [0.2, 0.25) is 0 Å². The molecule has 3 nitrogen and oxygen atoms in total. The van der Waals surface area contributed by atoms with Crippen LogP contribution in [0.3, 0.4) is 0 Å². The third kappa shape index (κ3) is 2.92. The van der Waals surface area contributed by atoms with Gasteiger partial charge in [-0.2, -0.15) is 0 Å². The highest BCUT2D eigenvalue weighted by atomic mass is 35.5. The first kappa shape index (κ1) is 13.4. The van der Waals surface area contributed by atoms with E-state index in [-0.39, 0.29) is 18.3 Å². The van der Waals surface area contributed by atoms with E-state index in [0.717, 1.165) is 5.56 Å². The van der Waals surface area contributed by atoms with Crippen LogP contribution in [0.5, 0.6) is 5.75 Å². The average Bonchev–Trinajstić information content (AvgIpc) is 2.35. The number of anilines is 1. The average molecular weight is 252 g/mol. The number of terminal acetylenes is 1. The van der Waals surface area contributed by atoms with Crippen LogP contribution in [0.4, 0.5) is 5.69 Å². The van der Waals surface area contributed by atoms with E-state index in [9.17, 15) is 4.79 Å². The van der Waals surface area contributed by atoms with Crippen molar-refractivity contribution in [2.45, 2.75) is 6.92 Å². The summed E-state index contributed by atoms with van der Waals surface area (Å²) in [5.74, 6) is 2.71. The predicted octanol–water partition coefficient (Wildman–Crippen LogP) is 2.21. The van der Waals surface area contributed by atoms with Gasteiger partial charge in [0.05, 0.1) is 19.3 Å². The number of carbonyl (C=O) groups is 1. The molecular weight excluding hydrogens is 238 g/mol.